The van der Waals surface area contributed by atoms with E-state index in [2.05, 4.69) is 5.32 Å². The molecule has 0 spiro atoms. The zero-order chi connectivity index (χ0) is 9.30. The molecule has 0 unspecified atom stereocenters. The van der Waals surface area contributed by atoms with Gasteiger partial charge in [0.05, 0.1) is 24.9 Å². The lowest BCUT2D eigenvalue weighted by Gasteiger charge is -2.19. The predicted octanol–water partition coefficient (Wildman–Crippen LogP) is -1.30. The fraction of sp³-hybridized carbons (Fsp3) is 1.00. The SMILES string of the molecule is CC(C)[C@H]1N[C@H](CO)[C@H](O)[C@@H]1O. The third-order valence-corrected chi connectivity index (χ3v) is 2.45. The number of rotatable bonds is 2. The van der Waals surface area contributed by atoms with E-state index in [-0.39, 0.29) is 24.6 Å². The minimum absolute atomic E-state index is 0.114. The fourth-order valence-corrected chi connectivity index (χ4v) is 1.64. The first kappa shape index (κ1) is 9.92. The summed E-state index contributed by atoms with van der Waals surface area (Å²) in [5.74, 6) is 0.256. The largest absolute Gasteiger partial charge is 0.395 e. The molecule has 4 N–H and O–H groups in total. The summed E-state index contributed by atoms with van der Waals surface area (Å²) in [6.45, 7) is 3.79. The van der Waals surface area contributed by atoms with Gasteiger partial charge in [-0.15, -0.1) is 0 Å². The molecule has 4 atom stereocenters. The monoisotopic (exact) mass is 175 g/mol. The highest BCUT2D eigenvalue weighted by molar-refractivity contribution is 4.98. The Morgan fingerprint density at radius 2 is 1.83 bits per heavy atom. The van der Waals surface area contributed by atoms with Crippen LogP contribution >= 0.6 is 0 Å². The molecule has 1 heterocycles. The van der Waals surface area contributed by atoms with E-state index in [1.54, 1.807) is 0 Å². The molecule has 0 aromatic rings. The first-order valence-electron chi connectivity index (χ1n) is 4.31. The van der Waals surface area contributed by atoms with Gasteiger partial charge >= 0.3 is 0 Å². The molecule has 4 heteroatoms. The van der Waals surface area contributed by atoms with Crippen LogP contribution in [0.15, 0.2) is 0 Å². The molecular weight excluding hydrogens is 158 g/mol. The lowest BCUT2D eigenvalue weighted by molar-refractivity contribution is 0.0147. The van der Waals surface area contributed by atoms with Gasteiger partial charge in [-0.05, 0) is 5.92 Å². The van der Waals surface area contributed by atoms with Crippen molar-refractivity contribution in [3.8, 4) is 0 Å². The molecule has 4 nitrogen and oxygen atoms in total. The Bertz CT molecular complexity index is 151. The third-order valence-electron chi connectivity index (χ3n) is 2.45. The smallest absolute Gasteiger partial charge is 0.0989 e. The molecule has 1 rings (SSSR count). The topological polar surface area (TPSA) is 72.7 Å². The second kappa shape index (κ2) is 3.70. The molecule has 0 aliphatic carbocycles. The zero-order valence-electron chi connectivity index (χ0n) is 7.44. The predicted molar refractivity (Wildman–Crippen MR) is 44.6 cm³/mol. The van der Waals surface area contributed by atoms with Gasteiger partial charge in [0, 0.05) is 6.04 Å². The number of aliphatic hydroxyl groups excluding tert-OH is 3. The van der Waals surface area contributed by atoms with Crippen molar-refractivity contribution in [3.63, 3.8) is 0 Å². The number of aliphatic hydroxyl groups is 3. The van der Waals surface area contributed by atoms with Gasteiger partial charge in [0.15, 0.2) is 0 Å². The normalized spacial score (nSPS) is 42.5. The molecule has 1 fully saturated rings. The second-order valence-corrected chi connectivity index (χ2v) is 3.71. The van der Waals surface area contributed by atoms with Crippen molar-refractivity contribution >= 4 is 0 Å². The van der Waals surface area contributed by atoms with Crippen LogP contribution in [0.3, 0.4) is 0 Å². The van der Waals surface area contributed by atoms with Crippen LogP contribution in [0.25, 0.3) is 0 Å². The van der Waals surface area contributed by atoms with E-state index in [4.69, 9.17) is 5.11 Å². The summed E-state index contributed by atoms with van der Waals surface area (Å²) >= 11 is 0. The zero-order valence-corrected chi connectivity index (χ0v) is 7.44. The molecule has 0 saturated carbocycles. The Morgan fingerprint density at radius 1 is 1.25 bits per heavy atom. The van der Waals surface area contributed by atoms with Gasteiger partial charge in [-0.1, -0.05) is 13.8 Å². The molecule has 72 valence electrons. The van der Waals surface area contributed by atoms with E-state index in [9.17, 15) is 10.2 Å². The summed E-state index contributed by atoms with van der Waals surface area (Å²) in [6, 6.07) is -0.496. The molecular formula is C8H17NO3. The summed E-state index contributed by atoms with van der Waals surface area (Å²) in [5, 5.41) is 30.7. The van der Waals surface area contributed by atoms with E-state index in [1.807, 2.05) is 13.8 Å². The van der Waals surface area contributed by atoms with Gasteiger partial charge in [-0.3, -0.25) is 0 Å². The Kier molecular flexibility index (Phi) is 3.06. The van der Waals surface area contributed by atoms with Crippen LogP contribution in [0.5, 0.6) is 0 Å². The molecule has 1 aliphatic rings. The van der Waals surface area contributed by atoms with Gasteiger partial charge in [-0.2, -0.15) is 0 Å². The lowest BCUT2D eigenvalue weighted by Crippen LogP contribution is -2.38. The summed E-state index contributed by atoms with van der Waals surface area (Å²) in [4.78, 5) is 0. The summed E-state index contributed by atoms with van der Waals surface area (Å²) in [5.41, 5.74) is 0. The fourth-order valence-electron chi connectivity index (χ4n) is 1.64. The van der Waals surface area contributed by atoms with Crippen molar-refractivity contribution < 1.29 is 15.3 Å². The maximum absolute atomic E-state index is 9.51. The third kappa shape index (κ3) is 1.61. The van der Waals surface area contributed by atoms with Crippen LogP contribution in [-0.4, -0.2) is 46.2 Å². The molecule has 1 aliphatic heterocycles. The molecule has 0 aromatic heterocycles. The van der Waals surface area contributed by atoms with Gasteiger partial charge in [0.25, 0.3) is 0 Å². The highest BCUT2D eigenvalue weighted by Crippen LogP contribution is 2.19. The Labute approximate surface area is 72.2 Å². The Morgan fingerprint density at radius 3 is 2.08 bits per heavy atom. The Hall–Kier alpha value is -0.160. The van der Waals surface area contributed by atoms with Gasteiger partial charge in [0.2, 0.25) is 0 Å². The van der Waals surface area contributed by atoms with Crippen molar-refractivity contribution in [1.29, 1.82) is 0 Å². The first-order valence-corrected chi connectivity index (χ1v) is 4.31. The van der Waals surface area contributed by atoms with Crippen molar-refractivity contribution in [1.82, 2.24) is 5.32 Å². The minimum Gasteiger partial charge on any atom is -0.395 e. The summed E-state index contributed by atoms with van der Waals surface area (Å²) < 4.78 is 0. The number of hydrogen-bond donors (Lipinski definition) is 4. The maximum atomic E-state index is 9.51. The Balaban J connectivity index is 2.60. The van der Waals surface area contributed by atoms with E-state index < -0.39 is 12.2 Å². The molecule has 12 heavy (non-hydrogen) atoms. The van der Waals surface area contributed by atoms with Gasteiger partial charge < -0.3 is 20.6 Å². The molecule has 0 aromatic carbocycles. The van der Waals surface area contributed by atoms with Gasteiger partial charge in [0.1, 0.15) is 0 Å². The van der Waals surface area contributed by atoms with Crippen molar-refractivity contribution in [2.75, 3.05) is 6.61 Å². The lowest BCUT2D eigenvalue weighted by atomic mass is 9.99. The van der Waals surface area contributed by atoms with Crippen molar-refractivity contribution in [3.05, 3.63) is 0 Å². The van der Waals surface area contributed by atoms with E-state index in [0.29, 0.717) is 0 Å². The second-order valence-electron chi connectivity index (χ2n) is 3.71. The van der Waals surface area contributed by atoms with Crippen LogP contribution in [0.4, 0.5) is 0 Å². The highest BCUT2D eigenvalue weighted by atomic mass is 16.3. The minimum atomic E-state index is -0.845. The van der Waals surface area contributed by atoms with Crippen molar-refractivity contribution in [2.45, 2.75) is 38.1 Å². The van der Waals surface area contributed by atoms with E-state index in [0.717, 1.165) is 0 Å². The molecule has 0 amide bonds. The summed E-state index contributed by atoms with van der Waals surface area (Å²) in [7, 11) is 0. The van der Waals surface area contributed by atoms with E-state index >= 15 is 0 Å². The van der Waals surface area contributed by atoms with Crippen molar-refractivity contribution in [2.24, 2.45) is 5.92 Å². The number of nitrogens with one attached hydrogen (secondary N) is 1. The maximum Gasteiger partial charge on any atom is 0.0989 e. The van der Waals surface area contributed by atoms with Crippen LogP contribution in [0, 0.1) is 5.92 Å². The molecule has 0 radical (unpaired) electrons. The quantitative estimate of drug-likeness (QED) is 0.421. The highest BCUT2D eigenvalue weighted by Gasteiger charge is 2.41. The van der Waals surface area contributed by atoms with E-state index in [1.165, 1.54) is 0 Å². The number of hydrogen-bond acceptors (Lipinski definition) is 4. The van der Waals surface area contributed by atoms with Crippen LogP contribution < -0.4 is 5.32 Å². The van der Waals surface area contributed by atoms with Gasteiger partial charge in [-0.25, -0.2) is 0 Å². The first-order chi connectivity index (χ1) is 5.57. The summed E-state index contributed by atoms with van der Waals surface area (Å²) in [6.07, 6.45) is -1.61. The van der Waals surface area contributed by atoms with Crippen LogP contribution in [0.2, 0.25) is 0 Å². The van der Waals surface area contributed by atoms with Crippen LogP contribution in [0.1, 0.15) is 13.8 Å². The standard InChI is InChI=1S/C8H17NO3/c1-4(2)6-8(12)7(11)5(3-10)9-6/h4-12H,3H2,1-2H3/t5-,6-,7+,8-/m1/s1. The average molecular weight is 175 g/mol. The molecule has 0 bridgehead atoms. The average Bonchev–Trinajstić information content (AvgIpc) is 2.30. The van der Waals surface area contributed by atoms with Crippen LogP contribution in [-0.2, 0) is 0 Å². The molecule has 1 saturated heterocycles.